The summed E-state index contributed by atoms with van der Waals surface area (Å²) in [6, 6.07) is 0. The molecule has 1 heterocycles. The number of thioether (sulfide) groups is 1. The van der Waals surface area contributed by atoms with Crippen LogP contribution in [0.4, 0.5) is 0 Å². The van der Waals surface area contributed by atoms with Crippen molar-refractivity contribution < 1.29 is 23.8 Å². The third-order valence-corrected chi connectivity index (χ3v) is 5.32. The van der Waals surface area contributed by atoms with E-state index >= 15 is 0 Å². The molecule has 0 aliphatic carbocycles. The molecule has 5 nitrogen and oxygen atoms in total. The molecule has 1 fully saturated rings. The van der Waals surface area contributed by atoms with Crippen molar-refractivity contribution in [2.24, 2.45) is 17.3 Å². The Balaban J connectivity index is 2.64. The topological polar surface area (TPSA) is 61.8 Å². The summed E-state index contributed by atoms with van der Waals surface area (Å²) in [6.07, 6.45) is 3.33. The second kappa shape index (κ2) is 10.4. The molecule has 25 heavy (non-hydrogen) atoms. The van der Waals surface area contributed by atoms with Crippen LogP contribution in [0.2, 0.25) is 0 Å². The van der Waals surface area contributed by atoms with E-state index in [0.717, 1.165) is 19.3 Å². The lowest BCUT2D eigenvalue weighted by Gasteiger charge is -2.20. The van der Waals surface area contributed by atoms with E-state index in [4.69, 9.17) is 26.4 Å². The van der Waals surface area contributed by atoms with Crippen molar-refractivity contribution in [1.82, 2.24) is 0 Å². The van der Waals surface area contributed by atoms with Crippen LogP contribution in [-0.4, -0.2) is 41.9 Å². The van der Waals surface area contributed by atoms with Gasteiger partial charge in [0.15, 0.2) is 0 Å². The van der Waals surface area contributed by atoms with E-state index < -0.39 is 17.9 Å². The Bertz CT molecular complexity index is 473. The summed E-state index contributed by atoms with van der Waals surface area (Å²) >= 11 is 6.50. The summed E-state index contributed by atoms with van der Waals surface area (Å²) in [5.41, 5.74) is 0.00976. The van der Waals surface area contributed by atoms with Gasteiger partial charge in [0.25, 0.3) is 0 Å². The molecule has 0 aromatic carbocycles. The average Bonchev–Trinajstić information content (AvgIpc) is 2.85. The first-order chi connectivity index (χ1) is 11.7. The van der Waals surface area contributed by atoms with Gasteiger partial charge in [-0.3, -0.25) is 9.59 Å². The summed E-state index contributed by atoms with van der Waals surface area (Å²) in [7, 11) is 1.34. The molecular formula is C18H30O5S2. The van der Waals surface area contributed by atoms with E-state index in [1.807, 2.05) is 0 Å². The van der Waals surface area contributed by atoms with Crippen molar-refractivity contribution in [2.75, 3.05) is 19.5 Å². The van der Waals surface area contributed by atoms with E-state index in [-0.39, 0.29) is 17.4 Å². The predicted octanol–water partition coefficient (Wildman–Crippen LogP) is 3.98. The highest BCUT2D eigenvalue weighted by atomic mass is 32.2. The number of ether oxygens (including phenoxy) is 3. The van der Waals surface area contributed by atoms with E-state index in [0.29, 0.717) is 23.2 Å². The fourth-order valence-electron chi connectivity index (χ4n) is 2.65. The Kier molecular flexibility index (Phi) is 9.21. The number of carbonyl (C=O) groups excluding carboxylic acids is 2. The zero-order valence-electron chi connectivity index (χ0n) is 15.8. The van der Waals surface area contributed by atoms with Gasteiger partial charge in [0, 0.05) is 5.75 Å². The summed E-state index contributed by atoms with van der Waals surface area (Å²) < 4.78 is 16.3. The maximum absolute atomic E-state index is 12.3. The Hall–Kier alpha value is -0.820. The molecule has 144 valence electrons. The number of hydrogen-bond donors (Lipinski definition) is 0. The minimum atomic E-state index is -0.563. The highest BCUT2D eigenvalue weighted by molar-refractivity contribution is 8.22. The first-order valence-corrected chi connectivity index (χ1v) is 10.2. The van der Waals surface area contributed by atoms with Crippen molar-refractivity contribution in [3.8, 4) is 0 Å². The van der Waals surface area contributed by atoms with Crippen LogP contribution in [0.1, 0.15) is 53.4 Å². The van der Waals surface area contributed by atoms with Crippen LogP contribution in [0.3, 0.4) is 0 Å². The first-order valence-electron chi connectivity index (χ1n) is 8.77. The smallest absolute Gasteiger partial charge is 0.313 e. The minimum Gasteiger partial charge on any atom is -0.478 e. The molecule has 0 radical (unpaired) electrons. The zero-order chi connectivity index (χ0) is 19.0. The number of esters is 2. The Morgan fingerprint density at radius 1 is 1.32 bits per heavy atom. The quantitative estimate of drug-likeness (QED) is 0.353. The lowest BCUT2D eigenvalue weighted by Crippen LogP contribution is -2.32. The lowest BCUT2D eigenvalue weighted by atomic mass is 9.89. The summed E-state index contributed by atoms with van der Waals surface area (Å²) in [4.78, 5) is 24.4. The van der Waals surface area contributed by atoms with Crippen LogP contribution in [0.5, 0.6) is 0 Å². The normalized spacial score (nSPS) is 23.2. The molecule has 0 N–H and O–H groups in total. The predicted molar refractivity (Wildman–Crippen MR) is 103 cm³/mol. The van der Waals surface area contributed by atoms with E-state index in [1.54, 1.807) is 0 Å². The molecule has 7 heteroatoms. The summed E-state index contributed by atoms with van der Waals surface area (Å²) in [5.74, 6) is -1.47. The van der Waals surface area contributed by atoms with Crippen molar-refractivity contribution in [3.05, 3.63) is 0 Å². The molecule has 1 rings (SSSR count). The molecule has 3 atom stereocenters. The van der Waals surface area contributed by atoms with Crippen LogP contribution in [0.15, 0.2) is 0 Å². The molecule has 0 bridgehead atoms. The molecule has 0 unspecified atom stereocenters. The fraction of sp³-hybridized carbons (Fsp3) is 0.833. The average molecular weight is 391 g/mol. The third-order valence-electron chi connectivity index (χ3n) is 3.97. The summed E-state index contributed by atoms with van der Waals surface area (Å²) in [5, 5.41) is 0. The number of rotatable bonds is 8. The van der Waals surface area contributed by atoms with Crippen LogP contribution in [0, 0.1) is 17.3 Å². The van der Waals surface area contributed by atoms with Gasteiger partial charge in [-0.1, -0.05) is 52.3 Å². The van der Waals surface area contributed by atoms with Crippen molar-refractivity contribution >= 4 is 40.3 Å². The van der Waals surface area contributed by atoms with E-state index in [2.05, 4.69) is 27.7 Å². The van der Waals surface area contributed by atoms with Crippen molar-refractivity contribution in [1.29, 1.82) is 0 Å². The van der Waals surface area contributed by atoms with Crippen LogP contribution >= 0.6 is 24.0 Å². The lowest BCUT2D eigenvalue weighted by molar-refractivity contribution is -0.148. The number of carbonyl (C=O) groups is 2. The Morgan fingerprint density at radius 2 is 2.00 bits per heavy atom. The van der Waals surface area contributed by atoms with E-state index in [1.165, 1.54) is 18.9 Å². The third kappa shape index (κ3) is 7.52. The maximum Gasteiger partial charge on any atom is 0.313 e. The van der Waals surface area contributed by atoms with Gasteiger partial charge >= 0.3 is 11.9 Å². The minimum absolute atomic E-state index is 0.00976. The van der Waals surface area contributed by atoms with Crippen molar-refractivity contribution in [2.45, 2.75) is 59.5 Å². The largest absolute Gasteiger partial charge is 0.478 e. The number of thiocarbonyl (C=S) groups is 1. The zero-order valence-corrected chi connectivity index (χ0v) is 17.5. The van der Waals surface area contributed by atoms with Crippen LogP contribution in [0.25, 0.3) is 0 Å². The van der Waals surface area contributed by atoms with Crippen LogP contribution < -0.4 is 0 Å². The number of hydrogen-bond acceptors (Lipinski definition) is 7. The van der Waals surface area contributed by atoms with E-state index in [9.17, 15) is 9.59 Å². The SMILES string of the molecule is CCCCC[C@@H]1OC(=O)[C@H](CSC(=S)OCC(C)(C)C)[C@H]1C(=O)OC. The molecule has 1 aliphatic rings. The van der Waals surface area contributed by atoms with Gasteiger partial charge in [0.1, 0.15) is 12.0 Å². The molecule has 0 amide bonds. The molecular weight excluding hydrogens is 360 g/mol. The highest BCUT2D eigenvalue weighted by Gasteiger charge is 2.49. The van der Waals surface area contributed by atoms with Crippen molar-refractivity contribution in [3.63, 3.8) is 0 Å². The summed E-state index contributed by atoms with van der Waals surface area (Å²) in [6.45, 7) is 8.79. The Morgan fingerprint density at radius 3 is 2.56 bits per heavy atom. The standard InChI is InChI=1S/C18H30O5S2/c1-6-7-8-9-13-14(16(20)21-5)12(15(19)23-13)10-25-17(24)22-11-18(2,3)4/h12-14H,6-11H2,1-5H3/t12-,13+,14-/m1/s1. The first kappa shape index (κ1) is 22.2. The van der Waals surface area contributed by atoms with Gasteiger partial charge < -0.3 is 14.2 Å². The highest BCUT2D eigenvalue weighted by Crippen LogP contribution is 2.35. The van der Waals surface area contributed by atoms with Crippen LogP contribution in [-0.2, 0) is 23.8 Å². The molecule has 0 saturated carbocycles. The number of cyclic esters (lactones) is 1. The molecule has 1 aliphatic heterocycles. The molecule has 0 aromatic heterocycles. The molecule has 0 aromatic rings. The Labute approximate surface area is 160 Å². The number of methoxy groups -OCH3 is 1. The second-order valence-corrected chi connectivity index (χ2v) is 9.16. The van der Waals surface area contributed by atoms with Gasteiger partial charge in [0.05, 0.1) is 19.6 Å². The van der Waals surface area contributed by atoms with Gasteiger partial charge in [0.2, 0.25) is 4.38 Å². The fourth-order valence-corrected chi connectivity index (χ4v) is 3.71. The molecule has 1 saturated heterocycles. The number of unbranched alkanes of at least 4 members (excludes halogenated alkanes) is 2. The maximum atomic E-state index is 12.3. The van der Waals surface area contributed by atoms with Gasteiger partial charge in [-0.2, -0.15) is 0 Å². The monoisotopic (exact) mass is 390 g/mol. The second-order valence-electron chi connectivity index (χ2n) is 7.54. The van der Waals surface area contributed by atoms with Gasteiger partial charge in [-0.15, -0.1) is 0 Å². The molecule has 0 spiro atoms. The van der Waals surface area contributed by atoms with Gasteiger partial charge in [-0.25, -0.2) is 0 Å². The van der Waals surface area contributed by atoms with Gasteiger partial charge in [-0.05, 0) is 30.5 Å².